The van der Waals surface area contributed by atoms with Crippen molar-refractivity contribution in [2.45, 2.75) is 37.8 Å². The average Bonchev–Trinajstić information content (AvgIpc) is 3.05. The Morgan fingerprint density at radius 3 is 2.68 bits per heavy atom. The Labute approximate surface area is 174 Å². The first-order valence-corrected chi connectivity index (χ1v) is 10.7. The number of hydrogen-bond acceptors (Lipinski definition) is 8. The first kappa shape index (κ1) is 19.1. The summed E-state index contributed by atoms with van der Waals surface area (Å²) in [4.78, 5) is 9.23. The van der Waals surface area contributed by atoms with Crippen LogP contribution in [0.3, 0.4) is 0 Å². The predicted molar refractivity (Wildman–Crippen MR) is 116 cm³/mol. The van der Waals surface area contributed by atoms with E-state index in [0.717, 1.165) is 51.1 Å². The van der Waals surface area contributed by atoms with Crippen molar-refractivity contribution in [2.24, 2.45) is 5.16 Å². The van der Waals surface area contributed by atoms with E-state index in [4.69, 9.17) is 5.21 Å². The van der Waals surface area contributed by atoms with Crippen LogP contribution in [-0.2, 0) is 0 Å². The summed E-state index contributed by atoms with van der Waals surface area (Å²) in [5.74, 6) is 1.32. The van der Waals surface area contributed by atoms with Crippen LogP contribution in [0.5, 0.6) is 0 Å². The minimum absolute atomic E-state index is 0.199. The summed E-state index contributed by atoms with van der Waals surface area (Å²) in [7, 11) is 0. The summed E-state index contributed by atoms with van der Waals surface area (Å²) in [6.07, 6.45) is 4.56. The van der Waals surface area contributed by atoms with Crippen molar-refractivity contribution in [3.05, 3.63) is 40.4 Å². The number of anilines is 3. The zero-order valence-corrected chi connectivity index (χ0v) is 17.4. The van der Waals surface area contributed by atoms with E-state index in [0.29, 0.717) is 11.6 Å². The summed E-state index contributed by atoms with van der Waals surface area (Å²) < 4.78 is 2.09. The van der Waals surface area contributed by atoms with Crippen LogP contribution in [0.25, 0.3) is 10.2 Å². The van der Waals surface area contributed by atoms with Gasteiger partial charge in [0, 0.05) is 16.1 Å². The fourth-order valence-electron chi connectivity index (χ4n) is 3.32. The smallest absolute Gasteiger partial charge is 0.189 e. The Morgan fingerprint density at radius 2 is 1.89 bits per heavy atom. The van der Waals surface area contributed by atoms with Gasteiger partial charge >= 0.3 is 0 Å². The van der Waals surface area contributed by atoms with Crippen molar-refractivity contribution < 1.29 is 10.3 Å². The van der Waals surface area contributed by atoms with Gasteiger partial charge in [-0.3, -0.25) is 0 Å². The summed E-state index contributed by atoms with van der Waals surface area (Å²) in [5, 5.41) is 29.2. The van der Waals surface area contributed by atoms with E-state index in [1.54, 1.807) is 17.4 Å². The Kier molecular flexibility index (Phi) is 5.74. The molecule has 4 N–H and O–H groups in total. The van der Waals surface area contributed by atoms with Crippen LogP contribution in [0.2, 0.25) is 0 Å². The molecule has 0 bridgehead atoms. The highest BCUT2D eigenvalue weighted by Crippen LogP contribution is 2.30. The number of aromatic nitrogens is 2. The molecule has 1 aliphatic carbocycles. The predicted octanol–water partition coefficient (Wildman–Crippen LogP) is 4.72. The SMILES string of the molecule is O/N=C/c1cc(Nc2nc3ccc(Br)cc3s2)nc(NC2CCC(O)CC2)c1. The summed E-state index contributed by atoms with van der Waals surface area (Å²) in [5.41, 5.74) is 1.64. The maximum Gasteiger partial charge on any atom is 0.189 e. The van der Waals surface area contributed by atoms with Gasteiger partial charge in [-0.1, -0.05) is 32.4 Å². The standard InChI is InChI=1S/C19H20BrN5O2S/c20-12-1-6-15-16(9-12)28-19(23-15)25-18-8-11(10-21-27)7-17(24-18)22-13-2-4-14(26)5-3-13/h1,6-10,13-14,26-27H,2-5H2,(H2,22,23,24,25)/b21-10+. The lowest BCUT2D eigenvalue weighted by molar-refractivity contribution is 0.126. The van der Waals surface area contributed by atoms with Crippen LogP contribution < -0.4 is 10.6 Å². The van der Waals surface area contributed by atoms with Crippen molar-refractivity contribution in [1.29, 1.82) is 0 Å². The molecule has 3 aromatic rings. The molecule has 1 saturated carbocycles. The van der Waals surface area contributed by atoms with Crippen molar-refractivity contribution in [3.63, 3.8) is 0 Å². The molecule has 0 saturated heterocycles. The van der Waals surface area contributed by atoms with Gasteiger partial charge in [0.05, 0.1) is 22.5 Å². The van der Waals surface area contributed by atoms with Gasteiger partial charge in [0.2, 0.25) is 0 Å². The first-order chi connectivity index (χ1) is 13.6. The molecule has 7 nitrogen and oxygen atoms in total. The molecule has 146 valence electrons. The highest BCUT2D eigenvalue weighted by atomic mass is 79.9. The maximum absolute atomic E-state index is 9.69. The van der Waals surface area contributed by atoms with E-state index in [9.17, 15) is 5.11 Å². The van der Waals surface area contributed by atoms with Crippen molar-refractivity contribution in [1.82, 2.24) is 9.97 Å². The Morgan fingerprint density at radius 1 is 1.11 bits per heavy atom. The minimum Gasteiger partial charge on any atom is -0.411 e. The van der Waals surface area contributed by atoms with Crippen LogP contribution in [-0.4, -0.2) is 38.6 Å². The van der Waals surface area contributed by atoms with Gasteiger partial charge < -0.3 is 20.9 Å². The third-order valence-corrected chi connectivity index (χ3v) is 6.12. The molecule has 0 atom stereocenters. The molecule has 0 radical (unpaired) electrons. The monoisotopic (exact) mass is 461 g/mol. The maximum atomic E-state index is 9.69. The van der Waals surface area contributed by atoms with Gasteiger partial charge in [-0.15, -0.1) is 0 Å². The highest BCUT2D eigenvalue weighted by Gasteiger charge is 2.19. The second-order valence-corrected chi connectivity index (χ2v) is 8.77. The molecule has 1 fully saturated rings. The van der Waals surface area contributed by atoms with Crippen LogP contribution in [0, 0.1) is 0 Å². The molecule has 1 aliphatic rings. The third-order valence-electron chi connectivity index (χ3n) is 4.69. The minimum atomic E-state index is -0.199. The Bertz CT molecular complexity index is 1000. The van der Waals surface area contributed by atoms with E-state index < -0.39 is 0 Å². The molecule has 2 heterocycles. The fourth-order valence-corrected chi connectivity index (χ4v) is 4.75. The van der Waals surface area contributed by atoms with Gasteiger partial charge in [-0.2, -0.15) is 0 Å². The fraction of sp³-hybridized carbons (Fsp3) is 0.316. The van der Waals surface area contributed by atoms with Gasteiger partial charge in [-0.25, -0.2) is 9.97 Å². The number of pyridine rings is 1. The largest absolute Gasteiger partial charge is 0.411 e. The molecular formula is C19H20BrN5O2S. The molecule has 0 spiro atoms. The summed E-state index contributed by atoms with van der Waals surface area (Å²) >= 11 is 5.02. The van der Waals surface area contributed by atoms with Gasteiger partial charge in [0.15, 0.2) is 5.13 Å². The van der Waals surface area contributed by atoms with Crippen LogP contribution >= 0.6 is 27.3 Å². The second kappa shape index (κ2) is 8.42. The molecule has 0 unspecified atom stereocenters. The number of hydrogen-bond donors (Lipinski definition) is 4. The number of nitrogens with zero attached hydrogens (tertiary/aromatic N) is 3. The lowest BCUT2D eigenvalue weighted by Gasteiger charge is -2.26. The second-order valence-electron chi connectivity index (χ2n) is 6.82. The number of benzene rings is 1. The quantitative estimate of drug-likeness (QED) is 0.249. The number of thiazole rings is 1. The molecule has 0 amide bonds. The number of halogens is 1. The lowest BCUT2D eigenvalue weighted by atomic mass is 9.93. The van der Waals surface area contributed by atoms with Crippen molar-refractivity contribution >= 4 is 60.5 Å². The zero-order valence-electron chi connectivity index (χ0n) is 15.0. The molecule has 1 aromatic carbocycles. The number of aliphatic hydroxyl groups is 1. The number of nitrogens with one attached hydrogen (secondary N) is 2. The average molecular weight is 462 g/mol. The molecule has 9 heteroatoms. The van der Waals surface area contributed by atoms with Gasteiger partial charge in [0.1, 0.15) is 11.6 Å². The van der Waals surface area contributed by atoms with Crippen LogP contribution in [0.1, 0.15) is 31.2 Å². The Hall–Kier alpha value is -2.23. The van der Waals surface area contributed by atoms with E-state index in [1.165, 1.54) is 6.21 Å². The van der Waals surface area contributed by atoms with E-state index >= 15 is 0 Å². The number of oxime groups is 1. The van der Waals surface area contributed by atoms with Gasteiger partial charge in [-0.05, 0) is 56.0 Å². The van der Waals surface area contributed by atoms with E-state index in [-0.39, 0.29) is 12.1 Å². The lowest BCUT2D eigenvalue weighted by Crippen LogP contribution is -2.28. The third kappa shape index (κ3) is 4.60. The molecule has 4 rings (SSSR count). The van der Waals surface area contributed by atoms with Gasteiger partial charge in [0.25, 0.3) is 0 Å². The van der Waals surface area contributed by atoms with E-state index in [2.05, 4.69) is 41.7 Å². The molecule has 2 aromatic heterocycles. The number of rotatable bonds is 5. The van der Waals surface area contributed by atoms with Crippen LogP contribution in [0.4, 0.5) is 16.8 Å². The topological polar surface area (TPSA) is 103 Å². The highest BCUT2D eigenvalue weighted by molar-refractivity contribution is 9.10. The number of aliphatic hydroxyl groups excluding tert-OH is 1. The Balaban J connectivity index is 1.57. The van der Waals surface area contributed by atoms with Crippen molar-refractivity contribution in [2.75, 3.05) is 10.6 Å². The molecular weight excluding hydrogens is 442 g/mol. The van der Waals surface area contributed by atoms with Crippen LogP contribution in [0.15, 0.2) is 40.0 Å². The molecule has 0 aliphatic heterocycles. The summed E-state index contributed by atoms with van der Waals surface area (Å²) in [6, 6.07) is 9.87. The first-order valence-electron chi connectivity index (χ1n) is 9.06. The summed E-state index contributed by atoms with van der Waals surface area (Å²) in [6.45, 7) is 0. The normalized spacial score (nSPS) is 19.9. The molecule has 28 heavy (non-hydrogen) atoms. The van der Waals surface area contributed by atoms with Crippen molar-refractivity contribution in [3.8, 4) is 0 Å². The van der Waals surface area contributed by atoms with E-state index in [1.807, 2.05) is 24.3 Å². The number of fused-ring (bicyclic) bond motifs is 1. The zero-order chi connectivity index (χ0) is 19.5.